The van der Waals surface area contributed by atoms with Crippen LogP contribution in [0.3, 0.4) is 0 Å². The lowest BCUT2D eigenvalue weighted by Gasteiger charge is -2.40. The number of morpholine rings is 1. The highest BCUT2D eigenvalue weighted by Gasteiger charge is 2.32. The summed E-state index contributed by atoms with van der Waals surface area (Å²) in [5.41, 5.74) is 10.2. The Balaban J connectivity index is 0.00000433. The summed E-state index contributed by atoms with van der Waals surface area (Å²) in [4.78, 5) is 40.9. The van der Waals surface area contributed by atoms with Crippen molar-refractivity contribution in [1.82, 2.24) is 29.1 Å². The van der Waals surface area contributed by atoms with Gasteiger partial charge in [0, 0.05) is 68.0 Å². The number of piperazine rings is 1. The molecule has 2 fully saturated rings. The van der Waals surface area contributed by atoms with Crippen molar-refractivity contribution in [3.8, 4) is 17.0 Å². The summed E-state index contributed by atoms with van der Waals surface area (Å²) in [7, 11) is 0. The molecule has 12 nitrogen and oxygen atoms in total. The predicted molar refractivity (Wildman–Crippen MR) is 175 cm³/mol. The van der Waals surface area contributed by atoms with Gasteiger partial charge in [-0.25, -0.2) is 14.8 Å². The number of imidazole rings is 1. The second-order valence-electron chi connectivity index (χ2n) is 11.4. The number of fused-ring (bicyclic) bond motifs is 1. The molecule has 250 valence electrons. The van der Waals surface area contributed by atoms with E-state index in [4.69, 9.17) is 10.5 Å². The van der Waals surface area contributed by atoms with Crippen molar-refractivity contribution in [2.75, 3.05) is 51.2 Å². The van der Waals surface area contributed by atoms with Gasteiger partial charge in [0.25, 0.3) is 5.91 Å². The number of amides is 3. The number of nitrogens with two attached hydrogens (primary N) is 1. The molecule has 2 aliphatic rings. The first-order valence-corrected chi connectivity index (χ1v) is 15.1. The van der Waals surface area contributed by atoms with Crippen LogP contribution >= 0.6 is 12.4 Å². The molecule has 2 aliphatic heterocycles. The fourth-order valence-electron chi connectivity index (χ4n) is 5.78. The number of carbonyl (C=O) groups excluding carboxylic acids is 2. The van der Waals surface area contributed by atoms with E-state index in [0.717, 1.165) is 22.5 Å². The molecule has 6 rings (SSSR count). The number of rotatable bonds is 7. The Morgan fingerprint density at radius 3 is 2.43 bits per heavy atom. The van der Waals surface area contributed by atoms with Crippen LogP contribution < -0.4 is 15.8 Å². The first kappa shape index (κ1) is 33.8. The maximum atomic E-state index is 13.5. The zero-order chi connectivity index (χ0) is 32.4. The second kappa shape index (κ2) is 14.5. The van der Waals surface area contributed by atoms with E-state index in [1.807, 2.05) is 30.4 Å². The van der Waals surface area contributed by atoms with Crippen LogP contribution in [0.2, 0.25) is 0 Å². The van der Waals surface area contributed by atoms with Crippen LogP contribution in [0.25, 0.3) is 16.9 Å². The fourth-order valence-corrected chi connectivity index (χ4v) is 5.78. The normalized spacial score (nSPS) is 17.4. The van der Waals surface area contributed by atoms with Crippen molar-refractivity contribution in [3.05, 3.63) is 72.2 Å². The maximum absolute atomic E-state index is 13.5. The van der Waals surface area contributed by atoms with Gasteiger partial charge in [0.15, 0.2) is 11.5 Å². The molecule has 0 spiro atoms. The molecule has 0 saturated carbocycles. The molecule has 2 unspecified atom stereocenters. The molecule has 0 radical (unpaired) electrons. The lowest BCUT2D eigenvalue weighted by Crippen LogP contribution is -2.58. The van der Waals surface area contributed by atoms with Crippen molar-refractivity contribution in [2.45, 2.75) is 32.6 Å². The number of benzene rings is 2. The third kappa shape index (κ3) is 7.39. The minimum absolute atomic E-state index is 0. The van der Waals surface area contributed by atoms with Crippen molar-refractivity contribution >= 4 is 41.5 Å². The van der Waals surface area contributed by atoms with Gasteiger partial charge in [-0.1, -0.05) is 0 Å². The van der Waals surface area contributed by atoms with E-state index in [1.54, 1.807) is 51.5 Å². The van der Waals surface area contributed by atoms with E-state index in [1.165, 1.54) is 12.1 Å². The Morgan fingerprint density at radius 2 is 1.74 bits per heavy atom. The van der Waals surface area contributed by atoms with Crippen molar-refractivity contribution in [3.63, 3.8) is 0 Å². The number of ether oxygens (including phenoxy) is 2. The average Bonchev–Trinajstić information content (AvgIpc) is 3.50. The number of nitrogens with zero attached hydrogens (tertiary/aromatic N) is 6. The number of halogens is 3. The summed E-state index contributed by atoms with van der Waals surface area (Å²) in [5.74, 6) is 0.506. The van der Waals surface area contributed by atoms with E-state index in [0.29, 0.717) is 62.9 Å². The molecule has 15 heteroatoms. The summed E-state index contributed by atoms with van der Waals surface area (Å²) in [6.45, 7) is 4.14. The second-order valence-corrected chi connectivity index (χ2v) is 11.4. The molecular formula is C32H37ClF2N8O4. The van der Waals surface area contributed by atoms with Gasteiger partial charge in [0.2, 0.25) is 0 Å². The predicted octanol–water partition coefficient (Wildman–Crippen LogP) is 4.40. The number of anilines is 2. The largest absolute Gasteiger partial charge is 0.435 e. The first-order chi connectivity index (χ1) is 22.2. The number of alkyl halides is 2. The number of aryl methyl sites for hydroxylation is 1. The summed E-state index contributed by atoms with van der Waals surface area (Å²) >= 11 is 0. The Labute approximate surface area is 276 Å². The van der Waals surface area contributed by atoms with Crippen molar-refractivity contribution in [2.24, 2.45) is 5.73 Å². The number of hydrogen-bond acceptors (Lipinski definition) is 8. The molecule has 2 aromatic carbocycles. The zero-order valence-electron chi connectivity index (χ0n) is 26.0. The lowest BCUT2D eigenvalue weighted by atomic mass is 10.1. The molecule has 0 bridgehead atoms. The topological polar surface area (TPSA) is 131 Å². The summed E-state index contributed by atoms with van der Waals surface area (Å²) in [6.07, 6.45) is 4.92. The standard InChI is InChI=1S/C32H36F2N8O4.ClH/c1-20-17-23(38-28-29-37-18-26(42(29)10-9-36-28)22-3-6-24(7-4-22)46-31(33)34)5-8-25(20)30(43)39-11-13-40(14-12-39)32(44)41-15-16-45-27(19-41)21(2)35;/h3-10,17-18,21,27,31H,11-16,19,35H2,1-2H3,(H,36,38);1H. The van der Waals surface area contributed by atoms with E-state index in [-0.39, 0.29) is 42.2 Å². The van der Waals surface area contributed by atoms with E-state index >= 15 is 0 Å². The smallest absolute Gasteiger partial charge is 0.387 e. The highest BCUT2D eigenvalue weighted by atomic mass is 35.5. The van der Waals surface area contributed by atoms with Crippen LogP contribution in [0.15, 0.2) is 61.1 Å². The van der Waals surface area contributed by atoms with Crippen molar-refractivity contribution in [1.29, 1.82) is 0 Å². The zero-order valence-corrected chi connectivity index (χ0v) is 26.8. The molecular weight excluding hydrogens is 634 g/mol. The van der Waals surface area contributed by atoms with Gasteiger partial charge in [-0.3, -0.25) is 9.20 Å². The number of nitrogens with one attached hydrogen (secondary N) is 1. The molecule has 3 amide bonds. The summed E-state index contributed by atoms with van der Waals surface area (Å²) in [6, 6.07) is 11.6. The van der Waals surface area contributed by atoms with Crippen LogP contribution in [-0.4, -0.2) is 106 Å². The minimum Gasteiger partial charge on any atom is -0.435 e. The van der Waals surface area contributed by atoms with Crippen molar-refractivity contribution < 1.29 is 27.8 Å². The molecule has 3 N–H and O–H groups in total. The van der Waals surface area contributed by atoms with E-state index in [2.05, 4.69) is 20.0 Å². The van der Waals surface area contributed by atoms with Gasteiger partial charge < -0.3 is 35.2 Å². The van der Waals surface area contributed by atoms with Crippen LogP contribution in [0.4, 0.5) is 25.1 Å². The maximum Gasteiger partial charge on any atom is 0.387 e. The number of carbonyl (C=O) groups is 2. The first-order valence-electron chi connectivity index (χ1n) is 15.1. The van der Waals surface area contributed by atoms with Crippen LogP contribution in [0, 0.1) is 6.92 Å². The number of hydrogen-bond donors (Lipinski definition) is 2. The quantitative estimate of drug-likeness (QED) is 0.296. The highest BCUT2D eigenvalue weighted by molar-refractivity contribution is 5.96. The van der Waals surface area contributed by atoms with E-state index in [9.17, 15) is 18.4 Å². The lowest BCUT2D eigenvalue weighted by molar-refractivity contribution is -0.0498. The molecule has 2 aromatic heterocycles. The fraction of sp³-hybridized carbons (Fsp3) is 0.375. The Morgan fingerprint density at radius 1 is 1.02 bits per heavy atom. The highest BCUT2D eigenvalue weighted by Crippen LogP contribution is 2.28. The van der Waals surface area contributed by atoms with Gasteiger partial charge >= 0.3 is 12.6 Å². The molecule has 4 heterocycles. The van der Waals surface area contributed by atoms with Gasteiger partial charge in [0.1, 0.15) is 5.75 Å². The molecule has 47 heavy (non-hydrogen) atoms. The minimum atomic E-state index is -2.89. The monoisotopic (exact) mass is 670 g/mol. The SMILES string of the molecule is Cc1cc(Nc2nccn3c(-c4ccc(OC(F)F)cc4)cnc23)ccc1C(=O)N1CCN(C(=O)N2CCOC(C(C)N)C2)CC1.Cl. The number of aromatic nitrogens is 3. The van der Waals surface area contributed by atoms with Gasteiger partial charge in [-0.15, -0.1) is 12.4 Å². The van der Waals surface area contributed by atoms with Crippen LogP contribution in [0.5, 0.6) is 5.75 Å². The summed E-state index contributed by atoms with van der Waals surface area (Å²) < 4.78 is 37.0. The Hall–Kier alpha value is -4.53. The third-order valence-electron chi connectivity index (χ3n) is 8.31. The molecule has 2 atom stereocenters. The number of urea groups is 1. The van der Waals surface area contributed by atoms with E-state index < -0.39 is 6.61 Å². The molecule has 2 saturated heterocycles. The van der Waals surface area contributed by atoms with Crippen LogP contribution in [0.1, 0.15) is 22.8 Å². The van der Waals surface area contributed by atoms with Gasteiger partial charge in [0.05, 0.1) is 31.1 Å². The van der Waals surface area contributed by atoms with Gasteiger partial charge in [-0.2, -0.15) is 8.78 Å². The Kier molecular flexibility index (Phi) is 10.4. The average molecular weight is 671 g/mol. The summed E-state index contributed by atoms with van der Waals surface area (Å²) in [5, 5.41) is 3.30. The molecule has 4 aromatic rings. The third-order valence-corrected chi connectivity index (χ3v) is 8.31. The van der Waals surface area contributed by atoms with Gasteiger partial charge in [-0.05, 0) is 61.9 Å². The van der Waals surface area contributed by atoms with Crippen LogP contribution in [-0.2, 0) is 4.74 Å². The Bertz CT molecular complexity index is 1710. The molecule has 0 aliphatic carbocycles.